The first-order chi connectivity index (χ1) is 9.24. The number of carbonyl (C=O) groups excluding carboxylic acids is 1. The lowest BCUT2D eigenvalue weighted by molar-refractivity contribution is -0.121. The summed E-state index contributed by atoms with van der Waals surface area (Å²) in [5.41, 5.74) is 2.33. The Morgan fingerprint density at radius 1 is 1.47 bits per heavy atom. The molecular formula is C15H21N3O. The number of likely N-dealkylation sites (N-methyl/N-ethyl adjacent to an activating group) is 1. The van der Waals surface area contributed by atoms with E-state index in [1.54, 1.807) is 0 Å². The summed E-state index contributed by atoms with van der Waals surface area (Å²) in [7, 11) is 2.13. The predicted octanol–water partition coefficient (Wildman–Crippen LogP) is 1.23. The van der Waals surface area contributed by atoms with E-state index >= 15 is 0 Å². The van der Waals surface area contributed by atoms with Gasteiger partial charge in [-0.15, -0.1) is 0 Å². The third-order valence-electron chi connectivity index (χ3n) is 4.27. The summed E-state index contributed by atoms with van der Waals surface area (Å²) in [5, 5.41) is 6.38. The average Bonchev–Trinajstić information content (AvgIpc) is 3.01. The zero-order valence-electron chi connectivity index (χ0n) is 11.4. The minimum absolute atomic E-state index is 0.107. The number of carbonyl (C=O) groups is 1. The van der Waals surface area contributed by atoms with Gasteiger partial charge in [0.05, 0.1) is 0 Å². The third kappa shape index (κ3) is 2.59. The topological polar surface area (TPSA) is 44.4 Å². The molecule has 2 atom stereocenters. The van der Waals surface area contributed by atoms with Gasteiger partial charge in [0.2, 0.25) is 5.91 Å². The van der Waals surface area contributed by atoms with Crippen LogP contribution in [0.25, 0.3) is 0 Å². The minimum Gasteiger partial charge on any atom is -0.373 e. The van der Waals surface area contributed by atoms with Gasteiger partial charge in [0.25, 0.3) is 0 Å². The molecule has 0 aliphatic carbocycles. The van der Waals surface area contributed by atoms with Gasteiger partial charge in [-0.3, -0.25) is 4.79 Å². The number of rotatable bonds is 3. The molecule has 0 radical (unpaired) electrons. The van der Waals surface area contributed by atoms with Crippen LogP contribution < -0.4 is 10.6 Å². The average molecular weight is 259 g/mol. The number of nitrogens with one attached hydrogen (secondary N) is 2. The fourth-order valence-corrected chi connectivity index (χ4v) is 3.03. The summed E-state index contributed by atoms with van der Waals surface area (Å²) in [6.07, 6.45) is 3.22. The molecule has 2 unspecified atom stereocenters. The summed E-state index contributed by atoms with van der Waals surface area (Å²) in [6, 6.07) is 8.54. The molecule has 1 aromatic rings. The van der Waals surface area contributed by atoms with Crippen LogP contribution in [-0.4, -0.2) is 43.0 Å². The number of fused-ring (bicyclic) bond motifs is 1. The molecule has 2 heterocycles. The maximum absolute atomic E-state index is 12.2. The van der Waals surface area contributed by atoms with Gasteiger partial charge >= 0.3 is 0 Å². The van der Waals surface area contributed by atoms with Crippen LogP contribution in [0.15, 0.2) is 24.3 Å². The quantitative estimate of drug-likeness (QED) is 0.858. The molecular weight excluding hydrogens is 238 g/mol. The standard InChI is InChI=1S/C15H21N3O/c1-18-8-4-6-12(18)10-16-15(19)14-9-11-5-2-3-7-13(11)17-14/h2-3,5,7,12,14,17H,4,6,8-10H2,1H3,(H,16,19). The molecule has 4 nitrogen and oxygen atoms in total. The van der Waals surface area contributed by atoms with Crippen LogP contribution >= 0.6 is 0 Å². The third-order valence-corrected chi connectivity index (χ3v) is 4.27. The van der Waals surface area contributed by atoms with Crippen molar-refractivity contribution in [2.45, 2.75) is 31.3 Å². The van der Waals surface area contributed by atoms with E-state index in [2.05, 4.69) is 28.6 Å². The highest BCUT2D eigenvalue weighted by Crippen LogP contribution is 2.25. The maximum Gasteiger partial charge on any atom is 0.242 e. The van der Waals surface area contributed by atoms with E-state index in [-0.39, 0.29) is 11.9 Å². The van der Waals surface area contributed by atoms with Crippen LogP contribution in [0.5, 0.6) is 0 Å². The molecule has 0 aromatic heterocycles. The molecule has 2 aliphatic heterocycles. The smallest absolute Gasteiger partial charge is 0.242 e. The number of para-hydroxylation sites is 1. The van der Waals surface area contributed by atoms with Gasteiger partial charge in [0, 0.05) is 24.7 Å². The van der Waals surface area contributed by atoms with E-state index in [0.29, 0.717) is 6.04 Å². The number of hydrogen-bond donors (Lipinski definition) is 2. The van der Waals surface area contributed by atoms with Crippen LogP contribution in [0, 0.1) is 0 Å². The Labute approximate surface area is 114 Å². The normalized spacial score (nSPS) is 25.9. The second-order valence-electron chi connectivity index (χ2n) is 5.58. The van der Waals surface area contributed by atoms with Crippen molar-refractivity contribution in [3.8, 4) is 0 Å². The van der Waals surface area contributed by atoms with E-state index in [1.165, 1.54) is 18.4 Å². The molecule has 1 aromatic carbocycles. The molecule has 0 spiro atoms. The lowest BCUT2D eigenvalue weighted by Crippen LogP contribution is -2.44. The van der Waals surface area contributed by atoms with Crippen molar-refractivity contribution in [2.24, 2.45) is 0 Å². The van der Waals surface area contributed by atoms with Crippen molar-refractivity contribution in [3.05, 3.63) is 29.8 Å². The van der Waals surface area contributed by atoms with Crippen LogP contribution in [0.3, 0.4) is 0 Å². The Bertz CT molecular complexity index is 449. The number of likely N-dealkylation sites (tertiary alicyclic amines) is 1. The molecule has 1 fully saturated rings. The first-order valence-electron chi connectivity index (χ1n) is 7.06. The summed E-state index contributed by atoms with van der Waals surface area (Å²) < 4.78 is 0. The van der Waals surface area contributed by atoms with E-state index in [1.807, 2.05) is 18.2 Å². The molecule has 1 saturated heterocycles. The van der Waals surface area contributed by atoms with Crippen molar-refractivity contribution < 1.29 is 4.79 Å². The summed E-state index contributed by atoms with van der Waals surface area (Å²) in [4.78, 5) is 14.5. The number of benzene rings is 1. The number of hydrogen-bond acceptors (Lipinski definition) is 3. The van der Waals surface area contributed by atoms with Gasteiger partial charge in [-0.25, -0.2) is 0 Å². The van der Waals surface area contributed by atoms with Gasteiger partial charge in [0.15, 0.2) is 0 Å². The number of nitrogens with zero attached hydrogens (tertiary/aromatic N) is 1. The van der Waals surface area contributed by atoms with Gasteiger partial charge < -0.3 is 15.5 Å². The van der Waals surface area contributed by atoms with Crippen molar-refractivity contribution in [3.63, 3.8) is 0 Å². The van der Waals surface area contributed by atoms with Gasteiger partial charge in [-0.05, 0) is 38.1 Å². The summed E-state index contributed by atoms with van der Waals surface area (Å²) in [6.45, 7) is 1.91. The minimum atomic E-state index is -0.107. The van der Waals surface area contributed by atoms with Crippen molar-refractivity contribution in [2.75, 3.05) is 25.5 Å². The fraction of sp³-hybridized carbons (Fsp3) is 0.533. The van der Waals surface area contributed by atoms with Crippen LogP contribution in [0.1, 0.15) is 18.4 Å². The van der Waals surface area contributed by atoms with Gasteiger partial charge in [-0.2, -0.15) is 0 Å². The summed E-state index contributed by atoms with van der Waals surface area (Å²) >= 11 is 0. The van der Waals surface area contributed by atoms with Crippen LogP contribution in [0.4, 0.5) is 5.69 Å². The SMILES string of the molecule is CN1CCCC1CNC(=O)C1Cc2ccccc2N1. The van der Waals surface area contributed by atoms with Crippen LogP contribution in [0.2, 0.25) is 0 Å². The molecule has 102 valence electrons. The lowest BCUT2D eigenvalue weighted by Gasteiger charge is -2.21. The maximum atomic E-state index is 12.2. The first-order valence-corrected chi connectivity index (χ1v) is 7.06. The largest absolute Gasteiger partial charge is 0.373 e. The molecule has 2 N–H and O–H groups in total. The molecule has 0 saturated carbocycles. The molecule has 19 heavy (non-hydrogen) atoms. The second kappa shape index (κ2) is 5.21. The van der Waals surface area contributed by atoms with Gasteiger partial charge in [0.1, 0.15) is 6.04 Å². The number of anilines is 1. The Kier molecular flexibility index (Phi) is 3.42. The van der Waals surface area contributed by atoms with E-state index in [4.69, 9.17) is 0 Å². The van der Waals surface area contributed by atoms with Crippen LogP contribution in [-0.2, 0) is 11.2 Å². The molecule has 2 aliphatic rings. The Hall–Kier alpha value is -1.55. The monoisotopic (exact) mass is 259 g/mol. The Balaban J connectivity index is 1.52. The van der Waals surface area contributed by atoms with Crippen molar-refractivity contribution >= 4 is 11.6 Å². The highest BCUT2D eigenvalue weighted by atomic mass is 16.2. The van der Waals surface area contributed by atoms with E-state index in [0.717, 1.165) is 25.2 Å². The first kappa shape index (κ1) is 12.5. The van der Waals surface area contributed by atoms with E-state index < -0.39 is 0 Å². The predicted molar refractivity (Wildman–Crippen MR) is 76.2 cm³/mol. The fourth-order valence-electron chi connectivity index (χ4n) is 3.03. The molecule has 0 bridgehead atoms. The zero-order chi connectivity index (χ0) is 13.2. The van der Waals surface area contributed by atoms with Gasteiger partial charge in [-0.1, -0.05) is 18.2 Å². The van der Waals surface area contributed by atoms with E-state index in [9.17, 15) is 4.79 Å². The highest BCUT2D eigenvalue weighted by Gasteiger charge is 2.27. The molecule has 3 rings (SSSR count). The molecule has 1 amide bonds. The molecule has 4 heteroatoms. The Morgan fingerprint density at radius 3 is 3.05 bits per heavy atom. The number of amides is 1. The van der Waals surface area contributed by atoms with Crippen molar-refractivity contribution in [1.82, 2.24) is 10.2 Å². The van der Waals surface area contributed by atoms with Crippen molar-refractivity contribution in [1.29, 1.82) is 0 Å². The zero-order valence-corrected chi connectivity index (χ0v) is 11.4. The highest BCUT2D eigenvalue weighted by molar-refractivity contribution is 5.87. The summed E-state index contributed by atoms with van der Waals surface area (Å²) in [5.74, 6) is 0.122. The second-order valence-corrected chi connectivity index (χ2v) is 5.58. The lowest BCUT2D eigenvalue weighted by atomic mass is 10.1. The Morgan fingerprint density at radius 2 is 2.32 bits per heavy atom.